The van der Waals surface area contributed by atoms with Crippen LogP contribution in [-0.4, -0.2) is 61.2 Å². The smallest absolute Gasteiger partial charge is 0.325 e. The maximum Gasteiger partial charge on any atom is 0.401 e. The standard InChI is InChI=1S/C16H22F3N3O/c1-12-7-13(2)9-14(8-12)20-15(23)10-21-3-5-22(6-4-21)11-16(17,18)19/h7-9H,3-6,10-11H2,1-2H3,(H,20,23). The van der Waals surface area contributed by atoms with E-state index in [1.807, 2.05) is 36.9 Å². The molecule has 0 aromatic heterocycles. The monoisotopic (exact) mass is 329 g/mol. The number of alkyl halides is 3. The minimum Gasteiger partial charge on any atom is -0.325 e. The summed E-state index contributed by atoms with van der Waals surface area (Å²) < 4.78 is 37.0. The number of benzene rings is 1. The normalized spacial score (nSPS) is 17.3. The van der Waals surface area contributed by atoms with Crippen molar-refractivity contribution in [3.05, 3.63) is 29.3 Å². The second-order valence-corrected chi connectivity index (χ2v) is 6.09. The second-order valence-electron chi connectivity index (χ2n) is 6.09. The maximum absolute atomic E-state index is 12.3. The lowest BCUT2D eigenvalue weighted by Gasteiger charge is -2.34. The van der Waals surface area contributed by atoms with Gasteiger partial charge in [-0.2, -0.15) is 13.2 Å². The first-order valence-electron chi connectivity index (χ1n) is 7.61. The predicted octanol–water partition coefficient (Wildman–Crippen LogP) is 2.42. The van der Waals surface area contributed by atoms with Crippen molar-refractivity contribution in [2.45, 2.75) is 20.0 Å². The average molecular weight is 329 g/mol. The Kier molecular flexibility index (Phi) is 5.64. The molecular formula is C16H22F3N3O. The van der Waals surface area contributed by atoms with Crippen molar-refractivity contribution in [2.75, 3.05) is 44.6 Å². The van der Waals surface area contributed by atoms with Crippen LogP contribution >= 0.6 is 0 Å². The van der Waals surface area contributed by atoms with E-state index in [9.17, 15) is 18.0 Å². The lowest BCUT2D eigenvalue weighted by molar-refractivity contribution is -0.149. The van der Waals surface area contributed by atoms with Gasteiger partial charge in [0.1, 0.15) is 0 Å². The molecule has 0 saturated carbocycles. The van der Waals surface area contributed by atoms with Crippen LogP contribution in [0.1, 0.15) is 11.1 Å². The van der Waals surface area contributed by atoms with Gasteiger partial charge in [-0.1, -0.05) is 6.07 Å². The number of hydrogen-bond donors (Lipinski definition) is 1. The van der Waals surface area contributed by atoms with Gasteiger partial charge in [-0.25, -0.2) is 0 Å². The topological polar surface area (TPSA) is 35.6 Å². The van der Waals surface area contributed by atoms with Crippen molar-refractivity contribution in [3.63, 3.8) is 0 Å². The van der Waals surface area contributed by atoms with E-state index in [0.29, 0.717) is 26.2 Å². The summed E-state index contributed by atoms with van der Waals surface area (Å²) in [5.74, 6) is -0.140. The Balaban J connectivity index is 1.78. The fourth-order valence-electron chi connectivity index (χ4n) is 2.81. The summed E-state index contributed by atoms with van der Waals surface area (Å²) in [6, 6.07) is 5.81. The molecule has 7 heteroatoms. The van der Waals surface area contributed by atoms with Crippen molar-refractivity contribution in [3.8, 4) is 0 Å². The highest BCUT2D eigenvalue weighted by Gasteiger charge is 2.32. The minimum absolute atomic E-state index is 0.140. The van der Waals surface area contributed by atoms with E-state index in [2.05, 4.69) is 5.32 Å². The van der Waals surface area contributed by atoms with Crippen LogP contribution in [0.4, 0.5) is 18.9 Å². The molecule has 1 N–H and O–H groups in total. The molecule has 4 nitrogen and oxygen atoms in total. The van der Waals surface area contributed by atoms with Crippen molar-refractivity contribution in [2.24, 2.45) is 0 Å². The van der Waals surface area contributed by atoms with E-state index in [-0.39, 0.29) is 12.5 Å². The van der Waals surface area contributed by atoms with Crippen LogP contribution < -0.4 is 5.32 Å². The average Bonchev–Trinajstić information content (AvgIpc) is 2.38. The summed E-state index contributed by atoms with van der Waals surface area (Å²) in [5.41, 5.74) is 2.89. The number of anilines is 1. The Morgan fingerprint density at radius 3 is 2.09 bits per heavy atom. The van der Waals surface area contributed by atoms with Gasteiger partial charge in [0.15, 0.2) is 0 Å². The van der Waals surface area contributed by atoms with Gasteiger partial charge in [0.2, 0.25) is 5.91 Å². The lowest BCUT2D eigenvalue weighted by Crippen LogP contribution is -2.50. The van der Waals surface area contributed by atoms with E-state index < -0.39 is 12.7 Å². The summed E-state index contributed by atoms with van der Waals surface area (Å²) in [6.45, 7) is 4.84. The van der Waals surface area contributed by atoms with E-state index in [1.54, 1.807) is 0 Å². The number of piperazine rings is 1. The third-order valence-corrected chi connectivity index (χ3v) is 3.74. The predicted molar refractivity (Wildman–Crippen MR) is 83.5 cm³/mol. The van der Waals surface area contributed by atoms with Gasteiger partial charge in [0, 0.05) is 31.9 Å². The molecule has 1 saturated heterocycles. The van der Waals surface area contributed by atoms with Gasteiger partial charge in [0.05, 0.1) is 13.1 Å². The SMILES string of the molecule is Cc1cc(C)cc(NC(=O)CN2CCN(CC(F)(F)F)CC2)c1. The maximum atomic E-state index is 12.3. The third kappa shape index (κ3) is 6.19. The van der Waals surface area contributed by atoms with Gasteiger partial charge in [-0.05, 0) is 37.1 Å². The number of nitrogens with one attached hydrogen (secondary N) is 1. The Hall–Kier alpha value is -1.60. The molecule has 0 aliphatic carbocycles. The summed E-state index contributed by atoms with van der Waals surface area (Å²) in [6.07, 6.45) is -4.16. The molecule has 128 valence electrons. The van der Waals surface area contributed by atoms with E-state index in [1.165, 1.54) is 4.90 Å². The fourth-order valence-corrected chi connectivity index (χ4v) is 2.81. The van der Waals surface area contributed by atoms with Crippen LogP contribution in [0, 0.1) is 13.8 Å². The zero-order valence-electron chi connectivity index (χ0n) is 13.4. The van der Waals surface area contributed by atoms with Crippen molar-refractivity contribution in [1.82, 2.24) is 9.80 Å². The molecule has 0 unspecified atom stereocenters. The molecule has 1 aromatic rings. The van der Waals surface area contributed by atoms with Crippen LogP contribution in [0.2, 0.25) is 0 Å². The highest BCUT2D eigenvalue weighted by molar-refractivity contribution is 5.92. The first-order valence-corrected chi connectivity index (χ1v) is 7.61. The molecule has 1 heterocycles. The fraction of sp³-hybridized carbons (Fsp3) is 0.562. The summed E-state index contributed by atoms with van der Waals surface area (Å²) in [7, 11) is 0. The van der Waals surface area contributed by atoms with Crippen LogP contribution in [0.3, 0.4) is 0 Å². The molecule has 0 spiro atoms. The number of nitrogens with zero attached hydrogens (tertiary/aromatic N) is 2. The van der Waals surface area contributed by atoms with Crippen LogP contribution in [0.15, 0.2) is 18.2 Å². The largest absolute Gasteiger partial charge is 0.401 e. The summed E-state index contributed by atoms with van der Waals surface area (Å²) in [5, 5.41) is 2.85. The molecule has 1 aliphatic heterocycles. The van der Waals surface area contributed by atoms with Crippen LogP contribution in [-0.2, 0) is 4.79 Å². The number of rotatable bonds is 4. The van der Waals surface area contributed by atoms with Crippen molar-refractivity contribution < 1.29 is 18.0 Å². The van der Waals surface area contributed by atoms with Crippen LogP contribution in [0.5, 0.6) is 0 Å². The molecule has 2 rings (SSSR count). The van der Waals surface area contributed by atoms with Gasteiger partial charge in [0.25, 0.3) is 0 Å². The molecule has 1 aromatic carbocycles. The zero-order valence-corrected chi connectivity index (χ0v) is 13.4. The van der Waals surface area contributed by atoms with E-state index >= 15 is 0 Å². The molecule has 23 heavy (non-hydrogen) atoms. The van der Waals surface area contributed by atoms with Crippen molar-refractivity contribution in [1.29, 1.82) is 0 Å². The number of hydrogen-bond acceptors (Lipinski definition) is 3. The quantitative estimate of drug-likeness (QED) is 0.921. The molecule has 1 fully saturated rings. The molecule has 1 amide bonds. The van der Waals surface area contributed by atoms with Gasteiger partial charge >= 0.3 is 6.18 Å². The molecule has 0 atom stereocenters. The number of amides is 1. The third-order valence-electron chi connectivity index (χ3n) is 3.74. The van der Waals surface area contributed by atoms with Crippen LogP contribution in [0.25, 0.3) is 0 Å². The highest BCUT2D eigenvalue weighted by atomic mass is 19.4. The van der Waals surface area contributed by atoms with E-state index in [0.717, 1.165) is 16.8 Å². The molecular weight excluding hydrogens is 307 g/mol. The minimum atomic E-state index is -4.16. The Labute approximate surface area is 134 Å². The number of halogens is 3. The summed E-state index contributed by atoms with van der Waals surface area (Å²) in [4.78, 5) is 15.3. The Bertz CT molecular complexity index is 532. The van der Waals surface area contributed by atoms with Gasteiger partial charge < -0.3 is 5.32 Å². The lowest BCUT2D eigenvalue weighted by atomic mass is 10.1. The second kappa shape index (κ2) is 7.31. The molecule has 0 radical (unpaired) electrons. The Morgan fingerprint density at radius 1 is 1.04 bits per heavy atom. The van der Waals surface area contributed by atoms with Gasteiger partial charge in [-0.3, -0.25) is 14.6 Å². The Morgan fingerprint density at radius 2 is 1.57 bits per heavy atom. The zero-order chi connectivity index (χ0) is 17.0. The molecule has 0 bridgehead atoms. The number of carbonyl (C=O) groups is 1. The number of aryl methyl sites for hydroxylation is 2. The van der Waals surface area contributed by atoms with E-state index in [4.69, 9.17) is 0 Å². The number of carbonyl (C=O) groups excluding carboxylic acids is 1. The highest BCUT2D eigenvalue weighted by Crippen LogP contribution is 2.17. The first-order chi connectivity index (χ1) is 10.7. The summed E-state index contributed by atoms with van der Waals surface area (Å²) >= 11 is 0. The van der Waals surface area contributed by atoms with Gasteiger partial charge in [-0.15, -0.1) is 0 Å². The van der Waals surface area contributed by atoms with Crippen molar-refractivity contribution >= 4 is 11.6 Å². The molecule has 1 aliphatic rings. The first kappa shape index (κ1) is 17.7.